The van der Waals surface area contributed by atoms with Crippen LogP contribution in [0.15, 0.2) is 58.2 Å². The third kappa shape index (κ3) is 7.54. The summed E-state index contributed by atoms with van der Waals surface area (Å²) < 4.78 is 34.5. The number of carbonyl (C=O) groups excluding carboxylic acids is 1. The van der Waals surface area contributed by atoms with Gasteiger partial charge < -0.3 is 28.8 Å². The van der Waals surface area contributed by atoms with E-state index in [1.807, 2.05) is 46.8 Å². The number of benzene rings is 2. The molecule has 0 aliphatic heterocycles. The second kappa shape index (κ2) is 13.5. The fourth-order valence-electron chi connectivity index (χ4n) is 4.45. The van der Waals surface area contributed by atoms with Crippen molar-refractivity contribution in [3.63, 3.8) is 0 Å². The molecule has 1 unspecified atom stereocenters. The van der Waals surface area contributed by atoms with Gasteiger partial charge in [-0.25, -0.2) is 14.8 Å². The first-order valence-corrected chi connectivity index (χ1v) is 15.6. The molecule has 0 saturated carbocycles. The summed E-state index contributed by atoms with van der Waals surface area (Å²) >= 11 is 0. The van der Waals surface area contributed by atoms with Crippen molar-refractivity contribution in [2.75, 3.05) is 33.6 Å². The van der Waals surface area contributed by atoms with Gasteiger partial charge in [-0.2, -0.15) is 0 Å². The Morgan fingerprint density at radius 2 is 1.70 bits per heavy atom. The number of amides is 1. The van der Waals surface area contributed by atoms with E-state index in [2.05, 4.69) is 9.97 Å². The van der Waals surface area contributed by atoms with Gasteiger partial charge in [0.2, 0.25) is 0 Å². The zero-order valence-corrected chi connectivity index (χ0v) is 27.0. The van der Waals surface area contributed by atoms with E-state index in [9.17, 15) is 13.8 Å². The van der Waals surface area contributed by atoms with Crippen molar-refractivity contribution in [2.24, 2.45) is 0 Å². The lowest BCUT2D eigenvalue weighted by Crippen LogP contribution is -2.43. The highest BCUT2D eigenvalue weighted by Crippen LogP contribution is 2.33. The summed E-state index contributed by atoms with van der Waals surface area (Å²) in [6.07, 6.45) is 1.19. The standard InChI is InChI=1S/C32H38N4O7S/c1-19(2)36(31(38)43-32(3,4)5)15-16-42-25-14-13-23(33-28(25)20-9-11-22(12-10-20)44(8)39)29-34-24-17-21(40-6)18-26(41-7)27(24)30(37)35-29/h9-14,17-19H,15-16H2,1-8H3,(H,34,35,37). The molecule has 234 valence electrons. The lowest BCUT2D eigenvalue weighted by atomic mass is 10.1. The molecular weight excluding hydrogens is 584 g/mol. The fourth-order valence-corrected chi connectivity index (χ4v) is 4.97. The van der Waals surface area contributed by atoms with Crippen LogP contribution in [0.25, 0.3) is 33.7 Å². The van der Waals surface area contributed by atoms with Crippen molar-refractivity contribution in [1.29, 1.82) is 0 Å². The number of pyridine rings is 1. The molecule has 12 heteroatoms. The van der Waals surface area contributed by atoms with Crippen LogP contribution in [0.2, 0.25) is 0 Å². The zero-order valence-electron chi connectivity index (χ0n) is 26.2. The van der Waals surface area contributed by atoms with Crippen LogP contribution < -0.4 is 19.8 Å². The molecular formula is C32H38N4O7S. The number of H-pyrrole nitrogens is 1. The summed E-state index contributed by atoms with van der Waals surface area (Å²) in [4.78, 5) is 40.5. The maximum Gasteiger partial charge on any atom is 0.410 e. The van der Waals surface area contributed by atoms with Gasteiger partial charge in [-0.15, -0.1) is 0 Å². The maximum atomic E-state index is 13.1. The predicted octanol–water partition coefficient (Wildman–Crippen LogP) is 5.43. The average molecular weight is 623 g/mol. The van der Waals surface area contributed by atoms with E-state index in [-0.39, 0.29) is 30.6 Å². The van der Waals surface area contributed by atoms with Crippen LogP contribution in [0.3, 0.4) is 0 Å². The van der Waals surface area contributed by atoms with Gasteiger partial charge in [0.1, 0.15) is 46.2 Å². The van der Waals surface area contributed by atoms with Gasteiger partial charge in [0.05, 0.1) is 26.3 Å². The molecule has 1 N–H and O–H groups in total. The number of hydrogen-bond acceptors (Lipinski definition) is 9. The molecule has 2 aromatic carbocycles. The van der Waals surface area contributed by atoms with Gasteiger partial charge in [-0.05, 0) is 58.9 Å². The van der Waals surface area contributed by atoms with Crippen LogP contribution in [0, 0.1) is 0 Å². The normalized spacial score (nSPS) is 12.2. The van der Waals surface area contributed by atoms with Crippen molar-refractivity contribution in [1.82, 2.24) is 19.9 Å². The summed E-state index contributed by atoms with van der Waals surface area (Å²) in [5.74, 6) is 1.53. The molecule has 4 aromatic rings. The van der Waals surface area contributed by atoms with Crippen LogP contribution in [0.1, 0.15) is 34.6 Å². The summed E-state index contributed by atoms with van der Waals surface area (Å²) in [5.41, 5.74) is 0.952. The van der Waals surface area contributed by atoms with Gasteiger partial charge in [0.15, 0.2) is 5.82 Å². The number of nitrogens with zero attached hydrogens (tertiary/aromatic N) is 3. The molecule has 2 heterocycles. The third-order valence-electron chi connectivity index (χ3n) is 6.60. The number of hydrogen-bond donors (Lipinski definition) is 1. The number of ether oxygens (including phenoxy) is 4. The second-order valence-corrected chi connectivity index (χ2v) is 12.7. The lowest BCUT2D eigenvalue weighted by Gasteiger charge is -2.30. The molecule has 44 heavy (non-hydrogen) atoms. The second-order valence-electron chi connectivity index (χ2n) is 11.3. The number of methoxy groups -OCH3 is 2. The highest BCUT2D eigenvalue weighted by Gasteiger charge is 2.24. The third-order valence-corrected chi connectivity index (χ3v) is 7.54. The van der Waals surface area contributed by atoms with Crippen molar-refractivity contribution in [2.45, 2.75) is 51.2 Å². The highest BCUT2D eigenvalue weighted by molar-refractivity contribution is 7.84. The SMILES string of the molecule is COc1cc(OC)c2c(=O)[nH]c(-c3ccc(OCCN(C(=O)OC(C)(C)C)C(C)C)c(-c4ccc(S(C)=O)cc4)n3)nc2c1. The molecule has 11 nitrogen and oxygen atoms in total. The van der Waals surface area contributed by atoms with Gasteiger partial charge >= 0.3 is 6.09 Å². The summed E-state index contributed by atoms with van der Waals surface area (Å²) in [6.45, 7) is 9.75. The molecule has 4 rings (SSSR count). The number of aromatic amines is 1. The summed E-state index contributed by atoms with van der Waals surface area (Å²) in [5, 5.41) is 0.292. The Morgan fingerprint density at radius 1 is 1.00 bits per heavy atom. The van der Waals surface area contributed by atoms with E-state index >= 15 is 0 Å². The highest BCUT2D eigenvalue weighted by atomic mass is 32.2. The van der Waals surface area contributed by atoms with Gasteiger partial charge in [-0.1, -0.05) is 12.1 Å². The molecule has 0 saturated heterocycles. The smallest absolute Gasteiger partial charge is 0.410 e. The van der Waals surface area contributed by atoms with Crippen LogP contribution in [-0.2, 0) is 15.5 Å². The minimum Gasteiger partial charge on any atom is -0.497 e. The van der Waals surface area contributed by atoms with Crippen LogP contribution >= 0.6 is 0 Å². The minimum absolute atomic E-state index is 0.107. The first-order valence-electron chi connectivity index (χ1n) is 14.0. The number of nitrogens with one attached hydrogen (secondary N) is 1. The molecule has 1 atom stereocenters. The van der Waals surface area contributed by atoms with E-state index in [0.29, 0.717) is 50.0 Å². The first-order chi connectivity index (χ1) is 20.8. The fraction of sp³-hybridized carbons (Fsp3) is 0.375. The van der Waals surface area contributed by atoms with Gasteiger partial charge in [0, 0.05) is 45.7 Å². The van der Waals surface area contributed by atoms with Gasteiger partial charge in [-0.3, -0.25) is 9.00 Å². The molecule has 0 radical (unpaired) electrons. The quantitative estimate of drug-likeness (QED) is 0.246. The van der Waals surface area contributed by atoms with E-state index in [0.717, 1.165) is 0 Å². The number of carbonyl (C=O) groups is 1. The number of rotatable bonds is 10. The Bertz CT molecular complexity index is 1730. The van der Waals surface area contributed by atoms with E-state index in [1.165, 1.54) is 14.2 Å². The van der Waals surface area contributed by atoms with Crippen molar-refractivity contribution < 1.29 is 28.0 Å². The van der Waals surface area contributed by atoms with E-state index in [4.69, 9.17) is 23.9 Å². The zero-order chi connectivity index (χ0) is 32.2. The lowest BCUT2D eigenvalue weighted by molar-refractivity contribution is 0.0164. The first kappa shape index (κ1) is 32.5. The molecule has 0 aliphatic carbocycles. The molecule has 0 spiro atoms. The summed E-state index contributed by atoms with van der Waals surface area (Å²) in [7, 11) is 1.84. The Balaban J connectivity index is 1.73. The average Bonchev–Trinajstić information content (AvgIpc) is 2.97. The largest absolute Gasteiger partial charge is 0.497 e. The minimum atomic E-state index is -1.15. The van der Waals surface area contributed by atoms with Crippen molar-refractivity contribution in [3.05, 3.63) is 58.9 Å². The number of aromatic nitrogens is 3. The molecule has 0 aliphatic rings. The molecule has 0 bridgehead atoms. The predicted molar refractivity (Wildman–Crippen MR) is 170 cm³/mol. The van der Waals surface area contributed by atoms with Crippen LogP contribution in [0.4, 0.5) is 4.79 Å². The Hall–Kier alpha value is -4.45. The topological polar surface area (TPSA) is 133 Å². The van der Waals surface area contributed by atoms with Crippen LogP contribution in [0.5, 0.6) is 17.2 Å². The summed E-state index contributed by atoms with van der Waals surface area (Å²) in [6, 6.07) is 13.8. The monoisotopic (exact) mass is 622 g/mol. The van der Waals surface area contributed by atoms with Crippen LogP contribution in [-0.4, -0.2) is 75.4 Å². The van der Waals surface area contributed by atoms with E-state index < -0.39 is 22.5 Å². The van der Waals surface area contributed by atoms with Crippen molar-refractivity contribution in [3.8, 4) is 40.0 Å². The number of fused-ring (bicyclic) bond motifs is 1. The van der Waals surface area contributed by atoms with E-state index in [1.54, 1.807) is 47.6 Å². The maximum absolute atomic E-state index is 13.1. The van der Waals surface area contributed by atoms with Gasteiger partial charge in [0.25, 0.3) is 5.56 Å². The molecule has 0 fully saturated rings. The Morgan fingerprint density at radius 3 is 2.30 bits per heavy atom. The molecule has 1 amide bonds. The van der Waals surface area contributed by atoms with Crippen molar-refractivity contribution >= 4 is 27.8 Å². The Kier molecular flexibility index (Phi) is 9.93. The molecule has 2 aromatic heterocycles. The Labute approximate surface area is 259 Å².